The summed E-state index contributed by atoms with van der Waals surface area (Å²) < 4.78 is 12.3. The van der Waals surface area contributed by atoms with Gasteiger partial charge in [0.1, 0.15) is 6.54 Å². The Morgan fingerprint density at radius 2 is 1.62 bits per heavy atom. The lowest BCUT2D eigenvalue weighted by Crippen LogP contribution is -2.45. The first-order valence-electron chi connectivity index (χ1n) is 8.05. The van der Waals surface area contributed by atoms with Crippen LogP contribution in [0.5, 0.6) is 11.5 Å². The summed E-state index contributed by atoms with van der Waals surface area (Å²) in [5.74, 6) is 0.178. The van der Waals surface area contributed by atoms with Gasteiger partial charge in [-0.1, -0.05) is 30.3 Å². The van der Waals surface area contributed by atoms with E-state index in [4.69, 9.17) is 9.47 Å². The molecule has 26 heavy (non-hydrogen) atoms. The van der Waals surface area contributed by atoms with Crippen molar-refractivity contribution in [1.29, 1.82) is 0 Å². The van der Waals surface area contributed by atoms with Crippen molar-refractivity contribution in [3.05, 3.63) is 60.8 Å². The summed E-state index contributed by atoms with van der Waals surface area (Å²) >= 11 is 0. The fourth-order valence-electron chi connectivity index (χ4n) is 2.53. The van der Waals surface area contributed by atoms with Crippen LogP contribution in [0.25, 0.3) is 10.9 Å². The van der Waals surface area contributed by atoms with E-state index < -0.39 is 5.91 Å². The number of amides is 2. The molecule has 0 spiro atoms. The summed E-state index contributed by atoms with van der Waals surface area (Å²) in [5, 5.41) is 1.05. The first kappa shape index (κ1) is 17.3. The first-order chi connectivity index (χ1) is 12.7. The highest BCUT2D eigenvalue weighted by Crippen LogP contribution is 2.25. The van der Waals surface area contributed by atoms with Gasteiger partial charge in [0.25, 0.3) is 11.8 Å². The van der Waals surface area contributed by atoms with Crippen LogP contribution in [0.1, 0.15) is 0 Å². The fraction of sp³-hybridized carbons (Fsp3) is 0.158. The van der Waals surface area contributed by atoms with E-state index in [1.54, 1.807) is 24.3 Å². The van der Waals surface area contributed by atoms with Crippen LogP contribution in [0, 0.1) is 0 Å². The maximum absolute atomic E-state index is 12.0. The molecule has 2 N–H and O–H groups in total. The molecule has 7 heteroatoms. The van der Waals surface area contributed by atoms with Gasteiger partial charge in [-0.2, -0.15) is 0 Å². The van der Waals surface area contributed by atoms with E-state index in [1.807, 2.05) is 41.1 Å². The SMILES string of the molecule is COc1ccccc1OCC(=O)NNC(=O)Cn1ccc2ccccc21. The maximum Gasteiger partial charge on any atom is 0.276 e. The van der Waals surface area contributed by atoms with Crippen LogP contribution in [0.15, 0.2) is 60.8 Å². The van der Waals surface area contributed by atoms with Crippen LogP contribution in [-0.4, -0.2) is 30.1 Å². The number of benzene rings is 2. The summed E-state index contributed by atoms with van der Waals surface area (Å²) in [6.07, 6.45) is 1.83. The molecule has 0 aliphatic heterocycles. The van der Waals surface area contributed by atoms with Crippen molar-refractivity contribution < 1.29 is 19.1 Å². The molecule has 0 saturated heterocycles. The number of carbonyl (C=O) groups is 2. The quantitative estimate of drug-likeness (QED) is 0.663. The smallest absolute Gasteiger partial charge is 0.276 e. The molecule has 0 fully saturated rings. The van der Waals surface area contributed by atoms with Gasteiger partial charge in [0.15, 0.2) is 18.1 Å². The maximum atomic E-state index is 12.0. The molecule has 0 atom stereocenters. The van der Waals surface area contributed by atoms with Crippen molar-refractivity contribution in [1.82, 2.24) is 15.4 Å². The van der Waals surface area contributed by atoms with Crippen LogP contribution in [0.3, 0.4) is 0 Å². The Morgan fingerprint density at radius 1 is 0.923 bits per heavy atom. The van der Waals surface area contributed by atoms with E-state index in [0.717, 1.165) is 10.9 Å². The standard InChI is InChI=1S/C19H19N3O4/c1-25-16-8-4-5-9-17(16)26-13-19(24)21-20-18(23)12-22-11-10-14-6-2-3-7-15(14)22/h2-11H,12-13H2,1H3,(H,20,23)(H,21,24). The normalized spacial score (nSPS) is 10.3. The van der Waals surface area contributed by atoms with E-state index in [1.165, 1.54) is 7.11 Å². The lowest BCUT2D eigenvalue weighted by molar-refractivity contribution is -0.130. The number of aromatic nitrogens is 1. The highest BCUT2D eigenvalue weighted by Gasteiger charge is 2.09. The van der Waals surface area contributed by atoms with Crippen LogP contribution in [0.2, 0.25) is 0 Å². The van der Waals surface area contributed by atoms with Gasteiger partial charge in [0.05, 0.1) is 7.11 Å². The Bertz CT molecular complexity index is 920. The molecule has 7 nitrogen and oxygen atoms in total. The molecule has 2 aromatic carbocycles. The molecule has 0 aliphatic carbocycles. The number of hydrogen-bond donors (Lipinski definition) is 2. The zero-order valence-corrected chi connectivity index (χ0v) is 14.3. The Kier molecular flexibility index (Phi) is 5.38. The third-order valence-electron chi connectivity index (χ3n) is 3.76. The average molecular weight is 353 g/mol. The molecule has 0 radical (unpaired) electrons. The van der Waals surface area contributed by atoms with Crippen LogP contribution >= 0.6 is 0 Å². The molecule has 3 rings (SSSR count). The molecule has 0 saturated carbocycles. The molecular formula is C19H19N3O4. The minimum Gasteiger partial charge on any atom is -0.493 e. The lowest BCUT2D eigenvalue weighted by atomic mass is 10.2. The Balaban J connectivity index is 1.47. The van der Waals surface area contributed by atoms with E-state index in [0.29, 0.717) is 11.5 Å². The Hall–Kier alpha value is -3.48. The summed E-state index contributed by atoms with van der Waals surface area (Å²) in [6.45, 7) is -0.145. The van der Waals surface area contributed by atoms with E-state index >= 15 is 0 Å². The minimum atomic E-state index is -0.471. The van der Waals surface area contributed by atoms with Crippen molar-refractivity contribution in [2.24, 2.45) is 0 Å². The largest absolute Gasteiger partial charge is 0.493 e. The highest BCUT2D eigenvalue weighted by molar-refractivity contribution is 5.85. The molecule has 1 aromatic heterocycles. The first-order valence-corrected chi connectivity index (χ1v) is 8.05. The van der Waals surface area contributed by atoms with Crippen LogP contribution < -0.4 is 20.3 Å². The van der Waals surface area contributed by atoms with Gasteiger partial charge in [-0.25, -0.2) is 0 Å². The average Bonchev–Trinajstić information content (AvgIpc) is 3.08. The van der Waals surface area contributed by atoms with Gasteiger partial charge in [-0.15, -0.1) is 0 Å². The van der Waals surface area contributed by atoms with E-state index in [2.05, 4.69) is 10.9 Å². The zero-order chi connectivity index (χ0) is 18.4. The van der Waals surface area contributed by atoms with Gasteiger partial charge < -0.3 is 14.0 Å². The third-order valence-corrected chi connectivity index (χ3v) is 3.76. The van der Waals surface area contributed by atoms with Crippen molar-refractivity contribution >= 4 is 22.7 Å². The number of nitrogens with one attached hydrogen (secondary N) is 2. The number of rotatable bonds is 6. The van der Waals surface area contributed by atoms with Gasteiger partial charge in [-0.3, -0.25) is 20.4 Å². The number of hydrogen-bond acceptors (Lipinski definition) is 4. The zero-order valence-electron chi connectivity index (χ0n) is 14.3. The summed E-state index contributed by atoms with van der Waals surface area (Å²) in [6, 6.07) is 16.7. The molecule has 1 heterocycles. The molecule has 2 amide bonds. The summed E-state index contributed by atoms with van der Waals surface area (Å²) in [4.78, 5) is 23.9. The molecule has 134 valence electrons. The molecule has 0 aliphatic rings. The molecular weight excluding hydrogens is 334 g/mol. The predicted molar refractivity (Wildman–Crippen MR) is 96.7 cm³/mol. The second-order valence-corrected chi connectivity index (χ2v) is 5.54. The van der Waals surface area contributed by atoms with Gasteiger partial charge >= 0.3 is 0 Å². The summed E-state index contributed by atoms with van der Waals surface area (Å²) in [5.41, 5.74) is 5.67. The van der Waals surface area contributed by atoms with E-state index in [-0.39, 0.29) is 19.1 Å². The highest BCUT2D eigenvalue weighted by atomic mass is 16.5. The number of carbonyl (C=O) groups excluding carboxylic acids is 2. The number of nitrogens with zero attached hydrogens (tertiary/aromatic N) is 1. The number of methoxy groups -OCH3 is 1. The number of fused-ring (bicyclic) bond motifs is 1. The Morgan fingerprint density at radius 3 is 2.42 bits per heavy atom. The number of ether oxygens (including phenoxy) is 2. The number of hydrazine groups is 1. The summed E-state index contributed by atoms with van der Waals surface area (Å²) in [7, 11) is 1.52. The molecule has 0 unspecified atom stereocenters. The molecule has 0 bridgehead atoms. The topological polar surface area (TPSA) is 81.6 Å². The van der Waals surface area contributed by atoms with Crippen molar-refractivity contribution in [3.63, 3.8) is 0 Å². The second-order valence-electron chi connectivity index (χ2n) is 5.54. The van der Waals surface area contributed by atoms with Gasteiger partial charge in [0.2, 0.25) is 0 Å². The number of para-hydroxylation sites is 3. The second kappa shape index (κ2) is 8.06. The van der Waals surface area contributed by atoms with Crippen molar-refractivity contribution in [2.45, 2.75) is 6.54 Å². The van der Waals surface area contributed by atoms with E-state index in [9.17, 15) is 9.59 Å². The van der Waals surface area contributed by atoms with Crippen LogP contribution in [-0.2, 0) is 16.1 Å². The lowest BCUT2D eigenvalue weighted by Gasteiger charge is -2.11. The minimum absolute atomic E-state index is 0.0984. The Labute approximate surface area is 150 Å². The fourth-order valence-corrected chi connectivity index (χ4v) is 2.53. The monoisotopic (exact) mass is 353 g/mol. The van der Waals surface area contributed by atoms with Crippen molar-refractivity contribution in [3.8, 4) is 11.5 Å². The van der Waals surface area contributed by atoms with Gasteiger partial charge in [-0.05, 0) is 29.7 Å². The van der Waals surface area contributed by atoms with Crippen LogP contribution in [0.4, 0.5) is 0 Å². The third kappa shape index (κ3) is 4.13. The van der Waals surface area contributed by atoms with Gasteiger partial charge in [0, 0.05) is 11.7 Å². The predicted octanol–water partition coefficient (Wildman–Crippen LogP) is 1.88. The molecule has 3 aromatic rings. The van der Waals surface area contributed by atoms with Crippen molar-refractivity contribution in [2.75, 3.05) is 13.7 Å².